The first-order valence-electron chi connectivity index (χ1n) is 6.09. The van der Waals surface area contributed by atoms with Gasteiger partial charge in [-0.1, -0.05) is 0 Å². The van der Waals surface area contributed by atoms with E-state index in [1.54, 1.807) is 11.8 Å². The maximum absolute atomic E-state index is 11.3. The molecule has 1 aliphatic heterocycles. The molecule has 1 aliphatic rings. The Morgan fingerprint density at radius 2 is 2.11 bits per heavy atom. The van der Waals surface area contributed by atoms with Gasteiger partial charge in [-0.15, -0.1) is 0 Å². The van der Waals surface area contributed by atoms with Crippen molar-refractivity contribution in [2.75, 3.05) is 26.2 Å². The van der Waals surface area contributed by atoms with Crippen LogP contribution < -0.4 is 11.1 Å². The zero-order valence-electron chi connectivity index (χ0n) is 10.8. The number of hydrogen-bond donors (Lipinski definition) is 3. The third kappa shape index (κ3) is 5.12. The van der Waals surface area contributed by atoms with Crippen molar-refractivity contribution in [1.29, 1.82) is 0 Å². The third-order valence-electron chi connectivity index (χ3n) is 2.85. The zero-order valence-corrected chi connectivity index (χ0v) is 10.8. The minimum atomic E-state index is -0.954. The van der Waals surface area contributed by atoms with E-state index in [9.17, 15) is 14.4 Å². The molecule has 19 heavy (non-hydrogen) atoms. The molecule has 8 heteroatoms. The lowest BCUT2D eigenvalue weighted by Crippen LogP contribution is -2.54. The molecule has 1 heterocycles. The highest BCUT2D eigenvalue weighted by molar-refractivity contribution is 5.76. The summed E-state index contributed by atoms with van der Waals surface area (Å²) < 4.78 is 4.75. The largest absolute Gasteiger partial charge is 0.481 e. The smallest absolute Gasteiger partial charge is 0.407 e. The summed E-state index contributed by atoms with van der Waals surface area (Å²) in [4.78, 5) is 34.9. The molecule has 0 aromatic rings. The first-order valence-corrected chi connectivity index (χ1v) is 6.09. The minimum absolute atomic E-state index is 0.0230. The standard InChI is InChI=1S/C11H19N3O5/c1-2-19-11(18)13-8-3-7(10(16)17)4-14(5-8)6-9(12)15/h7-8H,2-6H2,1H3,(H2,12,15)(H,13,18)(H,16,17). The molecule has 0 spiro atoms. The molecule has 108 valence electrons. The van der Waals surface area contributed by atoms with Gasteiger partial charge in [0.2, 0.25) is 5.91 Å². The van der Waals surface area contributed by atoms with Crippen LogP contribution in [0.3, 0.4) is 0 Å². The van der Waals surface area contributed by atoms with Crippen molar-refractivity contribution in [1.82, 2.24) is 10.2 Å². The number of carbonyl (C=O) groups excluding carboxylic acids is 2. The van der Waals surface area contributed by atoms with Gasteiger partial charge in [0.25, 0.3) is 0 Å². The average Bonchev–Trinajstić information content (AvgIpc) is 2.27. The molecule has 0 aromatic carbocycles. The molecule has 0 bridgehead atoms. The van der Waals surface area contributed by atoms with Gasteiger partial charge in [0.05, 0.1) is 19.1 Å². The number of carboxylic acid groups (broad SMARTS) is 1. The van der Waals surface area contributed by atoms with Crippen LogP contribution >= 0.6 is 0 Å². The molecule has 0 radical (unpaired) electrons. The van der Waals surface area contributed by atoms with Gasteiger partial charge in [-0.2, -0.15) is 0 Å². The van der Waals surface area contributed by atoms with Crippen molar-refractivity contribution in [2.24, 2.45) is 11.7 Å². The number of aliphatic carboxylic acids is 1. The molecule has 4 N–H and O–H groups in total. The second-order valence-corrected chi connectivity index (χ2v) is 4.49. The van der Waals surface area contributed by atoms with Gasteiger partial charge in [-0.05, 0) is 13.3 Å². The number of alkyl carbamates (subject to hydrolysis) is 1. The molecular formula is C11H19N3O5. The topological polar surface area (TPSA) is 122 Å². The second kappa shape index (κ2) is 6.93. The van der Waals surface area contributed by atoms with E-state index >= 15 is 0 Å². The van der Waals surface area contributed by atoms with E-state index in [2.05, 4.69) is 5.32 Å². The highest BCUT2D eigenvalue weighted by Gasteiger charge is 2.32. The number of hydrogen-bond acceptors (Lipinski definition) is 5. The Kier molecular flexibility index (Phi) is 5.56. The van der Waals surface area contributed by atoms with Crippen LogP contribution in [0.25, 0.3) is 0 Å². The summed E-state index contributed by atoms with van der Waals surface area (Å²) in [5.41, 5.74) is 5.10. The number of carbonyl (C=O) groups is 3. The molecule has 8 nitrogen and oxygen atoms in total. The van der Waals surface area contributed by atoms with Crippen LogP contribution in [-0.4, -0.2) is 60.3 Å². The number of nitrogens with two attached hydrogens (primary N) is 1. The Balaban J connectivity index is 2.61. The van der Waals surface area contributed by atoms with Crippen molar-refractivity contribution >= 4 is 18.0 Å². The van der Waals surface area contributed by atoms with Gasteiger partial charge in [-0.3, -0.25) is 14.5 Å². The van der Waals surface area contributed by atoms with E-state index in [0.717, 1.165) is 0 Å². The number of primary amides is 1. The van der Waals surface area contributed by atoms with Crippen molar-refractivity contribution in [3.05, 3.63) is 0 Å². The molecule has 2 unspecified atom stereocenters. The van der Waals surface area contributed by atoms with Crippen molar-refractivity contribution in [2.45, 2.75) is 19.4 Å². The fraction of sp³-hybridized carbons (Fsp3) is 0.727. The second-order valence-electron chi connectivity index (χ2n) is 4.49. The molecular weight excluding hydrogens is 254 g/mol. The Bertz CT molecular complexity index is 360. The van der Waals surface area contributed by atoms with E-state index in [1.165, 1.54) is 0 Å². The molecule has 1 rings (SSSR count). The zero-order chi connectivity index (χ0) is 14.4. The van der Waals surface area contributed by atoms with Gasteiger partial charge < -0.3 is 20.9 Å². The van der Waals surface area contributed by atoms with Crippen molar-refractivity contribution in [3.8, 4) is 0 Å². The van der Waals surface area contributed by atoms with Crippen LogP contribution in [0.5, 0.6) is 0 Å². The summed E-state index contributed by atoms with van der Waals surface area (Å²) in [5, 5.41) is 11.6. The predicted octanol–water partition coefficient (Wildman–Crippen LogP) is -1.01. The molecule has 1 saturated heterocycles. The fourth-order valence-corrected chi connectivity index (χ4v) is 2.16. The van der Waals surface area contributed by atoms with Crippen LogP contribution in [0.4, 0.5) is 4.79 Å². The summed E-state index contributed by atoms with van der Waals surface area (Å²) in [6, 6.07) is -0.367. The summed E-state index contributed by atoms with van der Waals surface area (Å²) in [7, 11) is 0. The van der Waals surface area contributed by atoms with E-state index in [4.69, 9.17) is 15.6 Å². The summed E-state index contributed by atoms with van der Waals surface area (Å²) in [6.07, 6.45) is -0.277. The van der Waals surface area contributed by atoms with E-state index < -0.39 is 23.9 Å². The maximum Gasteiger partial charge on any atom is 0.407 e. The Labute approximate surface area is 110 Å². The van der Waals surface area contributed by atoms with E-state index in [-0.39, 0.29) is 25.7 Å². The van der Waals surface area contributed by atoms with Gasteiger partial charge in [0.15, 0.2) is 0 Å². The minimum Gasteiger partial charge on any atom is -0.481 e. The van der Waals surface area contributed by atoms with Crippen LogP contribution in [0.2, 0.25) is 0 Å². The highest BCUT2D eigenvalue weighted by Crippen LogP contribution is 2.17. The number of carboxylic acids is 1. The summed E-state index contributed by atoms with van der Waals surface area (Å²) in [5.74, 6) is -2.12. The predicted molar refractivity (Wildman–Crippen MR) is 65.3 cm³/mol. The van der Waals surface area contributed by atoms with Crippen LogP contribution in [0, 0.1) is 5.92 Å². The molecule has 2 amide bonds. The normalized spacial score (nSPS) is 23.6. The van der Waals surface area contributed by atoms with Crippen molar-refractivity contribution < 1.29 is 24.2 Å². The highest BCUT2D eigenvalue weighted by atomic mass is 16.5. The molecule has 2 atom stereocenters. The van der Waals surface area contributed by atoms with Gasteiger partial charge in [0, 0.05) is 19.1 Å². The monoisotopic (exact) mass is 273 g/mol. The number of nitrogens with zero attached hydrogens (tertiary/aromatic N) is 1. The maximum atomic E-state index is 11.3. The Morgan fingerprint density at radius 3 is 2.63 bits per heavy atom. The summed E-state index contributed by atoms with van der Waals surface area (Å²) in [6.45, 7) is 2.53. The number of rotatable bonds is 5. The van der Waals surface area contributed by atoms with E-state index in [1.807, 2.05) is 0 Å². The SMILES string of the molecule is CCOC(=O)NC1CC(C(=O)O)CN(CC(N)=O)C1. The number of nitrogens with one attached hydrogen (secondary N) is 1. The first kappa shape index (κ1) is 15.2. The summed E-state index contributed by atoms with van der Waals surface area (Å²) >= 11 is 0. The van der Waals surface area contributed by atoms with Gasteiger partial charge in [-0.25, -0.2) is 4.79 Å². The molecule has 0 aliphatic carbocycles. The average molecular weight is 273 g/mol. The number of piperidine rings is 1. The van der Waals surface area contributed by atoms with Gasteiger partial charge in [0.1, 0.15) is 0 Å². The van der Waals surface area contributed by atoms with Crippen LogP contribution in [0.1, 0.15) is 13.3 Å². The quantitative estimate of drug-likeness (QED) is 0.590. The lowest BCUT2D eigenvalue weighted by Gasteiger charge is -2.35. The lowest BCUT2D eigenvalue weighted by atomic mass is 9.94. The van der Waals surface area contributed by atoms with E-state index in [0.29, 0.717) is 13.0 Å². The Morgan fingerprint density at radius 1 is 1.42 bits per heavy atom. The Hall–Kier alpha value is -1.83. The fourth-order valence-electron chi connectivity index (χ4n) is 2.16. The number of ether oxygens (including phenoxy) is 1. The van der Waals surface area contributed by atoms with Crippen LogP contribution in [-0.2, 0) is 14.3 Å². The van der Waals surface area contributed by atoms with Crippen molar-refractivity contribution in [3.63, 3.8) is 0 Å². The molecule has 1 fully saturated rings. The lowest BCUT2D eigenvalue weighted by molar-refractivity contribution is -0.144. The van der Waals surface area contributed by atoms with Gasteiger partial charge >= 0.3 is 12.1 Å². The van der Waals surface area contributed by atoms with Crippen LogP contribution in [0.15, 0.2) is 0 Å². The third-order valence-corrected chi connectivity index (χ3v) is 2.85. The molecule has 0 saturated carbocycles. The molecule has 0 aromatic heterocycles. The number of likely N-dealkylation sites (tertiary alicyclic amines) is 1. The first-order chi connectivity index (χ1) is 8.92. The number of amides is 2.